The van der Waals surface area contributed by atoms with E-state index >= 15 is 0 Å². The third-order valence-electron chi connectivity index (χ3n) is 6.25. The standard InChI is InChI=1S/C25H27F3N4O2/c1-31(2)22-15-23(30-21-9-4-3-8-20(21)22)29-17-10-12-18(13-11-17)32(24(33)34)19-7-5-6-16(14-19)25(26,27)28/h3-9,14-15,17-18H,10-13H2,1-2H3,(H,29,30)(H,33,34). The minimum absolute atomic E-state index is 0.0468. The quantitative estimate of drug-likeness (QED) is 0.461. The van der Waals surface area contributed by atoms with Crippen LogP contribution in [-0.4, -0.2) is 42.4 Å². The van der Waals surface area contributed by atoms with Gasteiger partial charge in [-0.1, -0.05) is 24.3 Å². The van der Waals surface area contributed by atoms with Crippen LogP contribution in [-0.2, 0) is 6.18 Å². The van der Waals surface area contributed by atoms with Crippen molar-refractivity contribution in [2.45, 2.75) is 43.9 Å². The van der Waals surface area contributed by atoms with E-state index in [-0.39, 0.29) is 17.8 Å². The lowest BCUT2D eigenvalue weighted by Crippen LogP contribution is -2.43. The lowest BCUT2D eigenvalue weighted by Gasteiger charge is -2.36. The molecule has 6 nitrogen and oxygen atoms in total. The van der Waals surface area contributed by atoms with Crippen LogP contribution < -0.4 is 15.1 Å². The number of alkyl halides is 3. The summed E-state index contributed by atoms with van der Waals surface area (Å²) in [4.78, 5) is 19.8. The first kappa shape index (κ1) is 23.7. The molecule has 0 radical (unpaired) electrons. The molecule has 2 N–H and O–H groups in total. The Morgan fingerprint density at radius 3 is 2.38 bits per heavy atom. The number of carbonyl (C=O) groups is 1. The monoisotopic (exact) mass is 472 g/mol. The number of hydrogen-bond acceptors (Lipinski definition) is 4. The molecule has 4 rings (SSSR count). The molecular weight excluding hydrogens is 445 g/mol. The molecule has 34 heavy (non-hydrogen) atoms. The molecule has 1 fully saturated rings. The first-order valence-electron chi connectivity index (χ1n) is 11.2. The van der Waals surface area contributed by atoms with E-state index in [0.29, 0.717) is 25.7 Å². The van der Waals surface area contributed by atoms with Crippen molar-refractivity contribution in [3.8, 4) is 0 Å². The highest BCUT2D eigenvalue weighted by Crippen LogP contribution is 2.35. The largest absolute Gasteiger partial charge is 0.465 e. The first-order valence-corrected chi connectivity index (χ1v) is 11.2. The highest BCUT2D eigenvalue weighted by Gasteiger charge is 2.34. The fourth-order valence-corrected chi connectivity index (χ4v) is 4.60. The van der Waals surface area contributed by atoms with E-state index in [1.807, 2.05) is 49.3 Å². The Bertz CT molecular complexity index is 1170. The van der Waals surface area contributed by atoms with Gasteiger partial charge in [-0.15, -0.1) is 0 Å². The molecule has 0 bridgehead atoms. The van der Waals surface area contributed by atoms with Crippen molar-refractivity contribution in [2.75, 3.05) is 29.2 Å². The zero-order chi connectivity index (χ0) is 24.5. The minimum atomic E-state index is -4.53. The van der Waals surface area contributed by atoms with Crippen LogP contribution in [0.2, 0.25) is 0 Å². The number of aromatic nitrogens is 1. The van der Waals surface area contributed by atoms with Crippen LogP contribution in [0.4, 0.5) is 35.2 Å². The van der Waals surface area contributed by atoms with Gasteiger partial charge in [-0.2, -0.15) is 13.2 Å². The summed E-state index contributed by atoms with van der Waals surface area (Å²) >= 11 is 0. The van der Waals surface area contributed by atoms with E-state index in [4.69, 9.17) is 4.98 Å². The Labute approximate surface area is 196 Å². The van der Waals surface area contributed by atoms with Crippen LogP contribution in [0.1, 0.15) is 31.2 Å². The molecule has 0 saturated heterocycles. The second-order valence-electron chi connectivity index (χ2n) is 8.79. The zero-order valence-electron chi connectivity index (χ0n) is 19.0. The molecule has 1 aromatic heterocycles. The van der Waals surface area contributed by atoms with Gasteiger partial charge >= 0.3 is 12.3 Å². The van der Waals surface area contributed by atoms with Crippen molar-refractivity contribution in [1.82, 2.24) is 4.98 Å². The Balaban J connectivity index is 1.48. The average molecular weight is 473 g/mol. The molecule has 0 aliphatic heterocycles. The predicted octanol–water partition coefficient (Wildman–Crippen LogP) is 6.23. The number of para-hydroxylation sites is 1. The van der Waals surface area contributed by atoms with Gasteiger partial charge in [0.2, 0.25) is 0 Å². The van der Waals surface area contributed by atoms with E-state index in [0.717, 1.165) is 39.4 Å². The normalized spacial score (nSPS) is 18.5. The van der Waals surface area contributed by atoms with Gasteiger partial charge in [-0.25, -0.2) is 9.78 Å². The van der Waals surface area contributed by atoms with Crippen molar-refractivity contribution >= 4 is 34.2 Å². The lowest BCUT2D eigenvalue weighted by atomic mass is 9.90. The maximum absolute atomic E-state index is 13.1. The fraction of sp³-hybridized carbons (Fsp3) is 0.360. The fourth-order valence-electron chi connectivity index (χ4n) is 4.60. The van der Waals surface area contributed by atoms with Gasteiger partial charge in [-0.05, 0) is 49.9 Å². The summed E-state index contributed by atoms with van der Waals surface area (Å²) in [6.07, 6.45) is -3.34. The van der Waals surface area contributed by atoms with Crippen LogP contribution in [0.15, 0.2) is 54.6 Å². The summed E-state index contributed by atoms with van der Waals surface area (Å²) in [5, 5.41) is 14.3. The molecule has 180 valence electrons. The van der Waals surface area contributed by atoms with E-state index in [9.17, 15) is 23.1 Å². The molecule has 1 amide bonds. The van der Waals surface area contributed by atoms with Gasteiger partial charge in [0.15, 0.2) is 0 Å². The number of amides is 1. The number of fused-ring (bicyclic) bond motifs is 1. The maximum Gasteiger partial charge on any atom is 0.416 e. The van der Waals surface area contributed by atoms with Gasteiger partial charge in [-0.3, -0.25) is 4.90 Å². The number of hydrogen-bond donors (Lipinski definition) is 2. The summed E-state index contributed by atoms with van der Waals surface area (Å²) in [6.45, 7) is 0. The van der Waals surface area contributed by atoms with Crippen LogP contribution in [0, 0.1) is 0 Å². The predicted molar refractivity (Wildman–Crippen MR) is 128 cm³/mol. The lowest BCUT2D eigenvalue weighted by molar-refractivity contribution is -0.137. The van der Waals surface area contributed by atoms with Crippen LogP contribution in [0.3, 0.4) is 0 Å². The third kappa shape index (κ3) is 5.03. The Hall–Kier alpha value is -3.49. The highest BCUT2D eigenvalue weighted by atomic mass is 19.4. The molecule has 1 saturated carbocycles. The van der Waals surface area contributed by atoms with Gasteiger partial charge in [0.25, 0.3) is 0 Å². The molecule has 0 unspecified atom stereocenters. The number of pyridine rings is 1. The summed E-state index contributed by atoms with van der Waals surface area (Å²) in [7, 11) is 3.95. The van der Waals surface area contributed by atoms with Crippen LogP contribution >= 0.6 is 0 Å². The Kier molecular flexibility index (Phi) is 6.54. The molecular formula is C25H27F3N4O2. The van der Waals surface area contributed by atoms with E-state index in [1.54, 1.807) is 0 Å². The molecule has 9 heteroatoms. The number of nitrogens with one attached hydrogen (secondary N) is 1. The third-order valence-corrected chi connectivity index (χ3v) is 6.25. The van der Waals surface area contributed by atoms with Gasteiger partial charge in [0, 0.05) is 49.0 Å². The van der Waals surface area contributed by atoms with Crippen LogP contribution in [0.5, 0.6) is 0 Å². The summed E-state index contributed by atoms with van der Waals surface area (Å²) < 4.78 is 39.4. The van der Waals surface area contributed by atoms with E-state index < -0.39 is 17.8 Å². The molecule has 1 aliphatic rings. The molecule has 1 heterocycles. The number of nitrogens with zero attached hydrogens (tertiary/aromatic N) is 3. The molecule has 2 aromatic carbocycles. The van der Waals surface area contributed by atoms with Gasteiger partial charge in [0.05, 0.1) is 11.1 Å². The Morgan fingerprint density at radius 2 is 1.74 bits per heavy atom. The number of halogens is 3. The summed E-state index contributed by atoms with van der Waals surface area (Å²) in [5.41, 5.74) is 1.12. The SMILES string of the molecule is CN(C)c1cc(NC2CCC(N(C(=O)O)c3cccc(C(F)(F)F)c3)CC2)nc2ccccc12. The number of rotatable bonds is 5. The minimum Gasteiger partial charge on any atom is -0.465 e. The number of carboxylic acid groups (broad SMARTS) is 1. The summed E-state index contributed by atoms with van der Waals surface area (Å²) in [6, 6.07) is 14.1. The van der Waals surface area contributed by atoms with Crippen molar-refractivity contribution in [3.05, 3.63) is 60.2 Å². The smallest absolute Gasteiger partial charge is 0.416 e. The van der Waals surface area contributed by atoms with Crippen molar-refractivity contribution in [3.63, 3.8) is 0 Å². The van der Waals surface area contributed by atoms with E-state index in [1.165, 1.54) is 12.1 Å². The maximum atomic E-state index is 13.1. The summed E-state index contributed by atoms with van der Waals surface area (Å²) in [5.74, 6) is 0.749. The number of anilines is 3. The second kappa shape index (κ2) is 9.40. The second-order valence-corrected chi connectivity index (χ2v) is 8.79. The Morgan fingerprint density at radius 1 is 1.03 bits per heavy atom. The average Bonchev–Trinajstić information content (AvgIpc) is 2.79. The van der Waals surface area contributed by atoms with Crippen molar-refractivity contribution < 1.29 is 23.1 Å². The zero-order valence-corrected chi connectivity index (χ0v) is 19.0. The molecule has 1 aliphatic carbocycles. The van der Waals surface area contributed by atoms with E-state index in [2.05, 4.69) is 5.32 Å². The number of benzene rings is 2. The van der Waals surface area contributed by atoms with Crippen molar-refractivity contribution in [1.29, 1.82) is 0 Å². The van der Waals surface area contributed by atoms with Crippen LogP contribution in [0.25, 0.3) is 10.9 Å². The molecule has 0 atom stereocenters. The molecule has 0 spiro atoms. The van der Waals surface area contributed by atoms with Gasteiger partial charge in [0.1, 0.15) is 5.82 Å². The van der Waals surface area contributed by atoms with Gasteiger partial charge < -0.3 is 15.3 Å². The molecule has 3 aromatic rings. The van der Waals surface area contributed by atoms with Crippen molar-refractivity contribution in [2.24, 2.45) is 0 Å². The first-order chi connectivity index (χ1) is 16.1. The highest BCUT2D eigenvalue weighted by molar-refractivity contribution is 5.93. The topological polar surface area (TPSA) is 68.7 Å².